The average molecular weight is 240 g/mol. The molecule has 17 heavy (non-hydrogen) atoms. The SMILES string of the molecule is CC(=O)N1CCC(N2CCCC2)CC1.CCC. The molecule has 3 heteroatoms. The third-order valence-electron chi connectivity index (χ3n) is 3.57. The first-order valence-electron chi connectivity index (χ1n) is 7.18. The van der Waals surface area contributed by atoms with Crippen molar-refractivity contribution in [2.45, 2.75) is 58.9 Å². The van der Waals surface area contributed by atoms with E-state index in [4.69, 9.17) is 0 Å². The van der Waals surface area contributed by atoms with Gasteiger partial charge in [-0.2, -0.15) is 0 Å². The van der Waals surface area contributed by atoms with Crippen molar-refractivity contribution in [2.75, 3.05) is 26.2 Å². The van der Waals surface area contributed by atoms with Crippen LogP contribution in [0.1, 0.15) is 52.9 Å². The zero-order chi connectivity index (χ0) is 12.7. The standard InChI is InChI=1S/C11H20N2O.C3H8/c1-10(14)12-8-4-11(5-9-12)13-6-2-3-7-13;1-3-2/h11H,2-9H2,1H3;3H2,1-2H3. The van der Waals surface area contributed by atoms with E-state index >= 15 is 0 Å². The molecule has 0 spiro atoms. The Morgan fingerprint density at radius 1 is 1.06 bits per heavy atom. The van der Waals surface area contributed by atoms with Crippen molar-refractivity contribution < 1.29 is 4.79 Å². The second kappa shape index (κ2) is 7.70. The minimum absolute atomic E-state index is 0.241. The van der Waals surface area contributed by atoms with Crippen LogP contribution in [0.15, 0.2) is 0 Å². The van der Waals surface area contributed by atoms with E-state index < -0.39 is 0 Å². The van der Waals surface area contributed by atoms with Gasteiger partial charge in [0.25, 0.3) is 0 Å². The van der Waals surface area contributed by atoms with Crippen LogP contribution in [0.2, 0.25) is 0 Å². The molecule has 0 radical (unpaired) electrons. The average Bonchev–Trinajstić information content (AvgIpc) is 2.83. The number of piperidine rings is 1. The molecule has 0 bridgehead atoms. The zero-order valence-corrected chi connectivity index (χ0v) is 11.7. The second-order valence-corrected chi connectivity index (χ2v) is 5.19. The van der Waals surface area contributed by atoms with Crippen molar-refractivity contribution in [3.63, 3.8) is 0 Å². The molecule has 2 aliphatic rings. The maximum Gasteiger partial charge on any atom is 0.219 e. The van der Waals surface area contributed by atoms with Gasteiger partial charge in [0.05, 0.1) is 0 Å². The van der Waals surface area contributed by atoms with Crippen LogP contribution in [-0.4, -0.2) is 47.9 Å². The lowest BCUT2D eigenvalue weighted by Crippen LogP contribution is -2.45. The van der Waals surface area contributed by atoms with Crippen LogP contribution >= 0.6 is 0 Å². The molecule has 0 N–H and O–H groups in total. The van der Waals surface area contributed by atoms with Crippen LogP contribution in [0.5, 0.6) is 0 Å². The van der Waals surface area contributed by atoms with E-state index in [-0.39, 0.29) is 5.91 Å². The molecule has 0 aromatic carbocycles. The highest BCUT2D eigenvalue weighted by Gasteiger charge is 2.26. The fraction of sp³-hybridized carbons (Fsp3) is 0.929. The Labute approximate surface area is 106 Å². The number of hydrogen-bond acceptors (Lipinski definition) is 2. The lowest BCUT2D eigenvalue weighted by Gasteiger charge is -2.36. The molecule has 0 atom stereocenters. The monoisotopic (exact) mass is 240 g/mol. The van der Waals surface area contributed by atoms with Gasteiger partial charge < -0.3 is 9.80 Å². The first-order valence-corrected chi connectivity index (χ1v) is 7.18. The molecule has 0 saturated carbocycles. The number of carbonyl (C=O) groups is 1. The number of carbonyl (C=O) groups excluding carboxylic acids is 1. The first-order chi connectivity index (χ1) is 8.19. The molecule has 3 nitrogen and oxygen atoms in total. The van der Waals surface area contributed by atoms with Gasteiger partial charge in [-0.05, 0) is 38.8 Å². The summed E-state index contributed by atoms with van der Waals surface area (Å²) in [7, 11) is 0. The minimum atomic E-state index is 0.241. The number of hydrogen-bond donors (Lipinski definition) is 0. The number of rotatable bonds is 1. The Bertz CT molecular complexity index is 216. The molecular formula is C14H28N2O. The maximum atomic E-state index is 11.1. The molecular weight excluding hydrogens is 212 g/mol. The van der Waals surface area contributed by atoms with E-state index in [2.05, 4.69) is 18.7 Å². The van der Waals surface area contributed by atoms with Gasteiger partial charge in [0.2, 0.25) is 5.91 Å². The predicted octanol–water partition coefficient (Wildman–Crippen LogP) is 2.51. The molecule has 0 unspecified atom stereocenters. The Morgan fingerprint density at radius 3 is 1.94 bits per heavy atom. The quantitative estimate of drug-likeness (QED) is 0.703. The number of amides is 1. The molecule has 1 amide bonds. The molecule has 0 aromatic rings. The topological polar surface area (TPSA) is 23.6 Å². The highest BCUT2D eigenvalue weighted by molar-refractivity contribution is 5.73. The maximum absolute atomic E-state index is 11.1. The van der Waals surface area contributed by atoms with Gasteiger partial charge in [0, 0.05) is 26.1 Å². The summed E-state index contributed by atoms with van der Waals surface area (Å²) in [4.78, 5) is 15.7. The largest absolute Gasteiger partial charge is 0.343 e. The third-order valence-corrected chi connectivity index (χ3v) is 3.57. The van der Waals surface area contributed by atoms with Crippen molar-refractivity contribution in [3.05, 3.63) is 0 Å². The summed E-state index contributed by atoms with van der Waals surface area (Å²) in [5.74, 6) is 0.241. The molecule has 2 heterocycles. The van der Waals surface area contributed by atoms with Crippen LogP contribution < -0.4 is 0 Å². The van der Waals surface area contributed by atoms with E-state index in [1.807, 2.05) is 4.90 Å². The van der Waals surface area contributed by atoms with Crippen LogP contribution in [-0.2, 0) is 4.79 Å². The molecule has 2 saturated heterocycles. The molecule has 0 aliphatic carbocycles. The van der Waals surface area contributed by atoms with Crippen LogP contribution in [0, 0.1) is 0 Å². The van der Waals surface area contributed by atoms with E-state index in [1.54, 1.807) is 6.92 Å². The van der Waals surface area contributed by atoms with Crippen LogP contribution in [0.25, 0.3) is 0 Å². The molecule has 2 rings (SSSR count). The summed E-state index contributed by atoms with van der Waals surface area (Å²) in [6.07, 6.45) is 6.35. The highest BCUT2D eigenvalue weighted by atomic mass is 16.2. The van der Waals surface area contributed by atoms with E-state index in [1.165, 1.54) is 45.2 Å². The Balaban J connectivity index is 0.000000437. The van der Waals surface area contributed by atoms with Gasteiger partial charge >= 0.3 is 0 Å². The fourth-order valence-electron chi connectivity index (χ4n) is 2.65. The van der Waals surface area contributed by atoms with Gasteiger partial charge in [-0.1, -0.05) is 20.3 Å². The normalized spacial score (nSPS) is 22.2. The number of likely N-dealkylation sites (tertiary alicyclic amines) is 2. The van der Waals surface area contributed by atoms with Crippen molar-refractivity contribution >= 4 is 5.91 Å². The summed E-state index contributed by atoms with van der Waals surface area (Å²) in [5.41, 5.74) is 0. The van der Waals surface area contributed by atoms with Crippen molar-refractivity contribution in [1.29, 1.82) is 0 Å². The third kappa shape index (κ3) is 4.66. The first kappa shape index (κ1) is 14.5. The lowest BCUT2D eigenvalue weighted by molar-refractivity contribution is -0.130. The van der Waals surface area contributed by atoms with Crippen LogP contribution in [0.4, 0.5) is 0 Å². The highest BCUT2D eigenvalue weighted by Crippen LogP contribution is 2.20. The second-order valence-electron chi connectivity index (χ2n) is 5.19. The van der Waals surface area contributed by atoms with E-state index in [9.17, 15) is 4.79 Å². The molecule has 2 fully saturated rings. The minimum Gasteiger partial charge on any atom is -0.343 e. The molecule has 100 valence electrons. The summed E-state index contributed by atoms with van der Waals surface area (Å²) in [6, 6.07) is 0.758. The van der Waals surface area contributed by atoms with Crippen molar-refractivity contribution in [1.82, 2.24) is 9.80 Å². The Morgan fingerprint density at radius 2 is 1.53 bits per heavy atom. The smallest absolute Gasteiger partial charge is 0.219 e. The number of nitrogens with zero attached hydrogens (tertiary/aromatic N) is 2. The molecule has 0 aromatic heterocycles. The zero-order valence-electron chi connectivity index (χ0n) is 11.7. The fourth-order valence-corrected chi connectivity index (χ4v) is 2.65. The summed E-state index contributed by atoms with van der Waals surface area (Å²) >= 11 is 0. The van der Waals surface area contributed by atoms with Gasteiger partial charge in [-0.15, -0.1) is 0 Å². The van der Waals surface area contributed by atoms with Crippen molar-refractivity contribution in [3.8, 4) is 0 Å². The van der Waals surface area contributed by atoms with E-state index in [0.717, 1.165) is 19.1 Å². The summed E-state index contributed by atoms with van der Waals surface area (Å²) in [6.45, 7) is 10.4. The van der Waals surface area contributed by atoms with Gasteiger partial charge in [0.15, 0.2) is 0 Å². The lowest BCUT2D eigenvalue weighted by atomic mass is 10.0. The van der Waals surface area contributed by atoms with E-state index in [0.29, 0.717) is 0 Å². The predicted molar refractivity (Wildman–Crippen MR) is 72.0 cm³/mol. The van der Waals surface area contributed by atoms with Gasteiger partial charge in [-0.25, -0.2) is 0 Å². The van der Waals surface area contributed by atoms with Crippen LogP contribution in [0.3, 0.4) is 0 Å². The van der Waals surface area contributed by atoms with Gasteiger partial charge in [0.1, 0.15) is 0 Å². The summed E-state index contributed by atoms with van der Waals surface area (Å²) < 4.78 is 0. The Hall–Kier alpha value is -0.570. The molecule has 2 aliphatic heterocycles. The Kier molecular flexibility index (Phi) is 6.56. The van der Waals surface area contributed by atoms with Crippen molar-refractivity contribution in [2.24, 2.45) is 0 Å². The van der Waals surface area contributed by atoms with Gasteiger partial charge in [-0.3, -0.25) is 4.79 Å². The summed E-state index contributed by atoms with van der Waals surface area (Å²) in [5, 5.41) is 0.